The van der Waals surface area contributed by atoms with Crippen molar-refractivity contribution in [3.05, 3.63) is 53.1 Å². The zero-order chi connectivity index (χ0) is 17.4. The summed E-state index contributed by atoms with van der Waals surface area (Å²) >= 11 is 0. The van der Waals surface area contributed by atoms with Crippen LogP contribution in [0.4, 0.5) is 0 Å². The summed E-state index contributed by atoms with van der Waals surface area (Å²) in [5.74, 6) is 0. The third kappa shape index (κ3) is 4.19. The molecule has 0 aliphatic heterocycles. The summed E-state index contributed by atoms with van der Waals surface area (Å²) in [6, 6.07) is 10.7. The van der Waals surface area contributed by atoms with E-state index in [0.717, 1.165) is 28.5 Å². The highest BCUT2D eigenvalue weighted by atomic mass is 32.3. The molecule has 2 rings (SSSR count). The largest absolute Gasteiger partial charge is 0.254 e. The van der Waals surface area contributed by atoms with Gasteiger partial charge in [0.15, 0.2) is 0 Å². The number of hydrogen-bond donors (Lipinski definition) is 1. The van der Waals surface area contributed by atoms with Crippen molar-refractivity contribution in [3.63, 3.8) is 0 Å². The fourth-order valence-corrected chi connectivity index (χ4v) is 5.20. The van der Waals surface area contributed by atoms with Crippen LogP contribution in [0.25, 0.3) is 11.1 Å². The van der Waals surface area contributed by atoms with E-state index >= 15 is 0 Å². The molecule has 5 nitrogen and oxygen atoms in total. The van der Waals surface area contributed by atoms with Crippen LogP contribution in [0.5, 0.6) is 0 Å². The molecule has 0 atom stereocenters. The maximum Gasteiger partial charge on any atom is 0.254 e. The van der Waals surface area contributed by atoms with E-state index in [0.29, 0.717) is 5.56 Å². The van der Waals surface area contributed by atoms with Crippen molar-refractivity contribution in [1.29, 1.82) is 0 Å². The number of hydrogen-bond acceptors (Lipinski definition) is 4. The van der Waals surface area contributed by atoms with E-state index in [1.54, 1.807) is 23.2 Å². The Hall–Kier alpha value is -1.70. The van der Waals surface area contributed by atoms with Crippen LogP contribution in [-0.2, 0) is 20.0 Å². The summed E-state index contributed by atoms with van der Waals surface area (Å²) in [4.78, 5) is -0.0464. The van der Waals surface area contributed by atoms with E-state index in [4.69, 9.17) is 0 Å². The molecule has 0 aromatic heterocycles. The Morgan fingerprint density at radius 2 is 1.30 bits per heavy atom. The number of rotatable bonds is 4. The van der Waals surface area contributed by atoms with Gasteiger partial charge in [-0.3, -0.25) is 0 Å². The zero-order valence-electron chi connectivity index (χ0n) is 13.4. The average molecular weight is 353 g/mol. The minimum Gasteiger partial charge on any atom is -0.212 e. The van der Waals surface area contributed by atoms with E-state index < -0.39 is 20.0 Å². The van der Waals surface area contributed by atoms with Crippen LogP contribution in [0.3, 0.4) is 0 Å². The summed E-state index contributed by atoms with van der Waals surface area (Å²) in [5.41, 5.74) is 3.95. The van der Waals surface area contributed by atoms with Crippen molar-refractivity contribution in [3.8, 4) is 11.1 Å². The first-order valence-corrected chi connectivity index (χ1v) is 10.3. The Morgan fingerprint density at radius 1 is 0.783 bits per heavy atom. The first-order chi connectivity index (χ1) is 10.5. The van der Waals surface area contributed by atoms with Gasteiger partial charge in [-0.2, -0.15) is 0 Å². The molecule has 0 spiro atoms. The number of benzene rings is 2. The van der Waals surface area contributed by atoms with Crippen molar-refractivity contribution in [2.24, 2.45) is 0 Å². The van der Waals surface area contributed by atoms with Crippen LogP contribution in [0.1, 0.15) is 16.7 Å². The number of aryl methyl sites for hydroxylation is 3. The molecule has 0 saturated carbocycles. The Kier molecular flexibility index (Phi) is 4.66. The van der Waals surface area contributed by atoms with Gasteiger partial charge in [-0.05, 0) is 43.5 Å². The van der Waals surface area contributed by atoms with E-state index in [2.05, 4.69) is 0 Å². The van der Waals surface area contributed by atoms with Crippen LogP contribution in [0.15, 0.2) is 41.3 Å². The van der Waals surface area contributed by atoms with Gasteiger partial charge in [-0.25, -0.2) is 16.8 Å². The van der Waals surface area contributed by atoms with Gasteiger partial charge in [0, 0.05) is 5.56 Å². The maximum atomic E-state index is 12.5. The first-order valence-electron chi connectivity index (χ1n) is 6.91. The van der Waals surface area contributed by atoms with Gasteiger partial charge >= 0.3 is 0 Å². The SMILES string of the molecule is Cc1ccc(-c2ccc(C)cc2S(=O)(=O)NS(C)(=O)=O)c(C)c1. The molecule has 0 radical (unpaired) electrons. The van der Waals surface area contributed by atoms with Crippen molar-refractivity contribution < 1.29 is 16.8 Å². The Morgan fingerprint density at radius 3 is 1.83 bits per heavy atom. The molecule has 2 aromatic rings. The maximum absolute atomic E-state index is 12.5. The molecule has 0 aliphatic carbocycles. The lowest BCUT2D eigenvalue weighted by Crippen LogP contribution is -2.30. The summed E-state index contributed by atoms with van der Waals surface area (Å²) in [6.07, 6.45) is 0.817. The average Bonchev–Trinajstić information content (AvgIpc) is 2.36. The van der Waals surface area contributed by atoms with E-state index in [1.165, 1.54) is 6.07 Å². The molecule has 0 bridgehead atoms. The van der Waals surface area contributed by atoms with Gasteiger partial charge in [-0.15, -0.1) is 4.13 Å². The van der Waals surface area contributed by atoms with Crippen molar-refractivity contribution >= 4 is 20.0 Å². The molecule has 0 aliphatic rings. The van der Waals surface area contributed by atoms with E-state index in [-0.39, 0.29) is 4.90 Å². The number of sulfonamides is 2. The second-order valence-electron chi connectivity index (χ2n) is 5.68. The fourth-order valence-electron chi connectivity index (χ4n) is 2.43. The lowest BCUT2D eigenvalue weighted by Gasteiger charge is -2.14. The monoisotopic (exact) mass is 353 g/mol. The van der Waals surface area contributed by atoms with Gasteiger partial charge in [-0.1, -0.05) is 35.9 Å². The molecular formula is C16H19NO4S2. The minimum absolute atomic E-state index is 0.0464. The Bertz CT molecular complexity index is 962. The molecule has 7 heteroatoms. The minimum atomic E-state index is -4.18. The van der Waals surface area contributed by atoms with Gasteiger partial charge in [0.05, 0.1) is 11.2 Å². The second kappa shape index (κ2) is 6.07. The third-order valence-electron chi connectivity index (χ3n) is 3.36. The molecule has 124 valence electrons. The van der Waals surface area contributed by atoms with Gasteiger partial charge < -0.3 is 0 Å². The Balaban J connectivity index is 2.72. The van der Waals surface area contributed by atoms with Crippen LogP contribution in [0.2, 0.25) is 0 Å². The highest BCUT2D eigenvalue weighted by Crippen LogP contribution is 2.31. The zero-order valence-corrected chi connectivity index (χ0v) is 15.0. The summed E-state index contributed by atoms with van der Waals surface area (Å²) in [7, 11) is -8.08. The smallest absolute Gasteiger partial charge is 0.212 e. The highest BCUT2D eigenvalue weighted by Gasteiger charge is 2.24. The van der Waals surface area contributed by atoms with Crippen molar-refractivity contribution in [2.75, 3.05) is 6.26 Å². The first kappa shape index (κ1) is 17.7. The fraction of sp³-hybridized carbons (Fsp3) is 0.250. The quantitative estimate of drug-likeness (QED) is 0.916. The predicted molar refractivity (Wildman–Crippen MR) is 91.3 cm³/mol. The van der Waals surface area contributed by atoms with Crippen LogP contribution >= 0.6 is 0 Å². The van der Waals surface area contributed by atoms with Gasteiger partial charge in [0.25, 0.3) is 10.0 Å². The van der Waals surface area contributed by atoms with Crippen LogP contribution in [0, 0.1) is 20.8 Å². The number of nitrogens with one attached hydrogen (secondary N) is 1. The van der Waals surface area contributed by atoms with Gasteiger partial charge in [0.1, 0.15) is 0 Å². The lowest BCUT2D eigenvalue weighted by molar-refractivity contribution is 0.580. The molecular weight excluding hydrogens is 334 g/mol. The third-order valence-corrected chi connectivity index (χ3v) is 6.37. The molecule has 0 unspecified atom stereocenters. The second-order valence-corrected chi connectivity index (χ2v) is 9.33. The molecule has 2 aromatic carbocycles. The normalized spacial score (nSPS) is 12.3. The lowest BCUT2D eigenvalue weighted by atomic mass is 9.98. The molecule has 0 amide bonds. The van der Waals surface area contributed by atoms with Gasteiger partial charge in [0.2, 0.25) is 10.0 Å². The molecule has 0 saturated heterocycles. The van der Waals surface area contributed by atoms with Crippen LogP contribution in [-0.4, -0.2) is 23.1 Å². The molecule has 23 heavy (non-hydrogen) atoms. The molecule has 0 fully saturated rings. The van der Waals surface area contributed by atoms with Crippen molar-refractivity contribution in [1.82, 2.24) is 4.13 Å². The van der Waals surface area contributed by atoms with Crippen LogP contribution < -0.4 is 4.13 Å². The van der Waals surface area contributed by atoms with E-state index in [9.17, 15) is 16.8 Å². The molecule has 0 heterocycles. The van der Waals surface area contributed by atoms with E-state index in [1.807, 2.05) is 32.0 Å². The Labute approximate surface area is 137 Å². The summed E-state index contributed by atoms with van der Waals surface area (Å²) in [6.45, 7) is 5.60. The standard InChI is InChI=1S/C16H19NO4S2/c1-11-5-7-14(13(3)9-11)15-8-6-12(2)10-16(15)23(20,21)17-22(4,18)19/h5-10,17H,1-4H3. The predicted octanol–water partition coefficient (Wildman–Crippen LogP) is 2.52. The molecule has 1 N–H and O–H groups in total. The summed E-state index contributed by atoms with van der Waals surface area (Å²) in [5, 5.41) is 0. The summed E-state index contributed by atoms with van der Waals surface area (Å²) < 4.78 is 49.4. The topological polar surface area (TPSA) is 80.3 Å². The highest BCUT2D eigenvalue weighted by molar-refractivity contribution is 8.04. The van der Waals surface area contributed by atoms with Crippen molar-refractivity contribution in [2.45, 2.75) is 25.7 Å².